The fourth-order valence-corrected chi connectivity index (χ4v) is 4.04. The van der Waals surface area contributed by atoms with Gasteiger partial charge in [-0.05, 0) is 43.0 Å². The van der Waals surface area contributed by atoms with Crippen LogP contribution in [0.3, 0.4) is 0 Å². The van der Waals surface area contributed by atoms with Crippen molar-refractivity contribution in [2.24, 2.45) is 11.7 Å². The first kappa shape index (κ1) is 17.9. The Morgan fingerprint density at radius 1 is 1.26 bits per heavy atom. The molecule has 0 spiro atoms. The van der Waals surface area contributed by atoms with Crippen molar-refractivity contribution in [3.05, 3.63) is 24.3 Å². The number of nitrogens with one attached hydrogen (secondary N) is 1. The third-order valence-electron chi connectivity index (χ3n) is 3.89. The van der Waals surface area contributed by atoms with Crippen LogP contribution in [0.4, 0.5) is 5.69 Å². The quantitative estimate of drug-likeness (QED) is 0.787. The molecular formula is C16H25N3O3S. The van der Waals surface area contributed by atoms with Crippen LogP contribution in [0.5, 0.6) is 0 Å². The number of amides is 1. The molecule has 1 aromatic rings. The van der Waals surface area contributed by atoms with Gasteiger partial charge in [0.15, 0.2) is 0 Å². The first-order valence-electron chi connectivity index (χ1n) is 7.96. The van der Waals surface area contributed by atoms with Crippen LogP contribution in [0.2, 0.25) is 0 Å². The molecule has 1 amide bonds. The molecule has 1 unspecified atom stereocenters. The maximum atomic E-state index is 12.4. The number of nitrogens with two attached hydrogens (primary N) is 1. The van der Waals surface area contributed by atoms with Gasteiger partial charge in [0.1, 0.15) is 0 Å². The minimum atomic E-state index is -3.60. The van der Waals surface area contributed by atoms with E-state index in [1.165, 1.54) is 12.1 Å². The molecule has 23 heavy (non-hydrogen) atoms. The lowest BCUT2D eigenvalue weighted by atomic mass is 10.1. The number of carbonyl (C=O) groups is 1. The topological polar surface area (TPSA) is 92.5 Å². The van der Waals surface area contributed by atoms with E-state index in [0.717, 1.165) is 12.1 Å². The van der Waals surface area contributed by atoms with Crippen LogP contribution < -0.4 is 15.4 Å². The standard InChI is InChI=1S/C16H25N3O3S/c1-12(2)10-13(11-17)18-23(21,22)15-7-5-14(6-8-15)19-9-3-4-16(19)20/h5-8,12-13,18H,3-4,9-11,17H2,1-2H3. The highest BCUT2D eigenvalue weighted by Gasteiger charge is 2.23. The van der Waals surface area contributed by atoms with E-state index >= 15 is 0 Å². The molecular weight excluding hydrogens is 314 g/mol. The van der Waals surface area contributed by atoms with Gasteiger partial charge in [-0.3, -0.25) is 4.79 Å². The summed E-state index contributed by atoms with van der Waals surface area (Å²) in [6.07, 6.45) is 2.08. The first-order valence-corrected chi connectivity index (χ1v) is 9.44. The molecule has 0 bridgehead atoms. The van der Waals surface area contributed by atoms with Gasteiger partial charge in [-0.15, -0.1) is 0 Å². The molecule has 7 heteroatoms. The van der Waals surface area contributed by atoms with Gasteiger partial charge in [-0.25, -0.2) is 13.1 Å². The van der Waals surface area contributed by atoms with Gasteiger partial charge in [-0.2, -0.15) is 0 Å². The van der Waals surface area contributed by atoms with E-state index in [4.69, 9.17) is 5.73 Å². The molecule has 1 atom stereocenters. The summed E-state index contributed by atoms with van der Waals surface area (Å²) in [6, 6.07) is 6.15. The molecule has 2 rings (SSSR count). The number of rotatable bonds is 7. The predicted octanol–water partition coefficient (Wildman–Crippen LogP) is 1.47. The number of sulfonamides is 1. The van der Waals surface area contributed by atoms with Crippen LogP contribution in [-0.4, -0.2) is 33.5 Å². The zero-order valence-corrected chi connectivity index (χ0v) is 14.5. The summed E-state index contributed by atoms with van der Waals surface area (Å²) in [5.41, 5.74) is 6.40. The molecule has 1 aliphatic rings. The summed E-state index contributed by atoms with van der Waals surface area (Å²) in [4.78, 5) is 13.6. The van der Waals surface area contributed by atoms with Crippen LogP contribution in [-0.2, 0) is 14.8 Å². The molecule has 128 valence electrons. The van der Waals surface area contributed by atoms with Crippen molar-refractivity contribution in [1.29, 1.82) is 0 Å². The number of hydrogen-bond acceptors (Lipinski definition) is 4. The fraction of sp³-hybridized carbons (Fsp3) is 0.562. The van der Waals surface area contributed by atoms with E-state index in [-0.39, 0.29) is 23.4 Å². The normalized spacial score (nSPS) is 17.0. The largest absolute Gasteiger partial charge is 0.329 e. The highest BCUT2D eigenvalue weighted by atomic mass is 32.2. The number of nitrogens with zero attached hydrogens (tertiary/aromatic N) is 1. The highest BCUT2D eigenvalue weighted by Crippen LogP contribution is 2.23. The van der Waals surface area contributed by atoms with Crippen LogP contribution in [0.1, 0.15) is 33.1 Å². The summed E-state index contributed by atoms with van der Waals surface area (Å²) in [5, 5.41) is 0. The molecule has 1 heterocycles. The molecule has 1 aliphatic heterocycles. The Labute approximate surface area is 138 Å². The van der Waals surface area contributed by atoms with Crippen molar-refractivity contribution >= 4 is 21.6 Å². The Hall–Kier alpha value is -1.44. The number of benzene rings is 1. The number of hydrogen-bond donors (Lipinski definition) is 2. The summed E-state index contributed by atoms with van der Waals surface area (Å²) >= 11 is 0. The van der Waals surface area contributed by atoms with Gasteiger partial charge in [0.2, 0.25) is 15.9 Å². The van der Waals surface area contributed by atoms with Crippen LogP contribution in [0.25, 0.3) is 0 Å². The molecule has 3 N–H and O–H groups in total. The van der Waals surface area contributed by atoms with Crippen molar-refractivity contribution < 1.29 is 13.2 Å². The smallest absolute Gasteiger partial charge is 0.240 e. The molecule has 6 nitrogen and oxygen atoms in total. The monoisotopic (exact) mass is 339 g/mol. The Bertz CT molecular complexity index is 641. The Morgan fingerprint density at radius 2 is 1.91 bits per heavy atom. The second kappa shape index (κ2) is 7.42. The van der Waals surface area contributed by atoms with E-state index in [9.17, 15) is 13.2 Å². The SMILES string of the molecule is CC(C)CC(CN)NS(=O)(=O)c1ccc(N2CCCC2=O)cc1. The Kier molecular flexibility index (Phi) is 5.78. The van der Waals surface area contributed by atoms with Crippen LogP contribution in [0.15, 0.2) is 29.2 Å². The number of carbonyl (C=O) groups excluding carboxylic acids is 1. The van der Waals surface area contributed by atoms with E-state index in [0.29, 0.717) is 25.3 Å². The third kappa shape index (κ3) is 4.53. The lowest BCUT2D eigenvalue weighted by molar-refractivity contribution is -0.117. The van der Waals surface area contributed by atoms with Crippen molar-refractivity contribution in [1.82, 2.24) is 4.72 Å². The maximum Gasteiger partial charge on any atom is 0.240 e. The van der Waals surface area contributed by atoms with E-state index in [2.05, 4.69) is 4.72 Å². The van der Waals surface area contributed by atoms with Crippen molar-refractivity contribution in [2.45, 2.75) is 44.0 Å². The molecule has 0 radical (unpaired) electrons. The predicted molar refractivity (Wildman–Crippen MR) is 90.6 cm³/mol. The third-order valence-corrected chi connectivity index (χ3v) is 5.43. The van der Waals surface area contributed by atoms with Gasteiger partial charge in [0, 0.05) is 31.2 Å². The van der Waals surface area contributed by atoms with Crippen LogP contribution in [0, 0.1) is 5.92 Å². The molecule has 0 aromatic heterocycles. The zero-order valence-electron chi connectivity index (χ0n) is 13.7. The zero-order chi connectivity index (χ0) is 17.0. The second-order valence-electron chi connectivity index (χ2n) is 6.33. The van der Waals surface area contributed by atoms with E-state index in [1.54, 1.807) is 17.0 Å². The highest BCUT2D eigenvalue weighted by molar-refractivity contribution is 7.89. The Balaban J connectivity index is 2.12. The summed E-state index contributed by atoms with van der Waals surface area (Å²) in [5.74, 6) is 0.439. The van der Waals surface area contributed by atoms with Gasteiger partial charge < -0.3 is 10.6 Å². The molecule has 1 aromatic carbocycles. The van der Waals surface area contributed by atoms with E-state index < -0.39 is 10.0 Å². The lowest BCUT2D eigenvalue weighted by Gasteiger charge is -2.19. The van der Waals surface area contributed by atoms with Gasteiger partial charge >= 0.3 is 0 Å². The second-order valence-corrected chi connectivity index (χ2v) is 8.04. The first-order chi connectivity index (χ1) is 10.8. The summed E-state index contributed by atoms with van der Waals surface area (Å²) in [7, 11) is -3.60. The van der Waals surface area contributed by atoms with Gasteiger partial charge in [-0.1, -0.05) is 13.8 Å². The van der Waals surface area contributed by atoms with Crippen molar-refractivity contribution in [3.63, 3.8) is 0 Å². The molecule has 1 fully saturated rings. The van der Waals surface area contributed by atoms with E-state index in [1.807, 2.05) is 13.8 Å². The number of anilines is 1. The minimum absolute atomic E-state index is 0.0823. The molecule has 0 aliphatic carbocycles. The average molecular weight is 339 g/mol. The van der Waals surface area contributed by atoms with Gasteiger partial charge in [0.25, 0.3) is 0 Å². The lowest BCUT2D eigenvalue weighted by Crippen LogP contribution is -2.40. The van der Waals surface area contributed by atoms with Crippen molar-refractivity contribution in [3.8, 4) is 0 Å². The Morgan fingerprint density at radius 3 is 2.39 bits per heavy atom. The van der Waals surface area contributed by atoms with Crippen molar-refractivity contribution in [2.75, 3.05) is 18.0 Å². The summed E-state index contributed by atoms with van der Waals surface area (Å²) < 4.78 is 27.5. The summed E-state index contributed by atoms with van der Waals surface area (Å²) in [6.45, 7) is 5.00. The van der Waals surface area contributed by atoms with Gasteiger partial charge in [0.05, 0.1) is 4.90 Å². The maximum absolute atomic E-state index is 12.4. The average Bonchev–Trinajstić information content (AvgIpc) is 2.92. The van der Waals surface area contributed by atoms with Crippen LogP contribution >= 0.6 is 0 Å². The fourth-order valence-electron chi connectivity index (χ4n) is 2.78. The minimum Gasteiger partial charge on any atom is -0.329 e. The molecule has 1 saturated heterocycles. The molecule has 0 saturated carbocycles.